The lowest BCUT2D eigenvalue weighted by molar-refractivity contribution is 0.0348. The number of imidazole rings is 1. The number of nitrogens with zero attached hydrogens (tertiary/aromatic N) is 7. The van der Waals surface area contributed by atoms with Gasteiger partial charge in [-0.3, -0.25) is 0 Å². The van der Waals surface area contributed by atoms with Crippen molar-refractivity contribution in [3.8, 4) is 17.0 Å². The summed E-state index contributed by atoms with van der Waals surface area (Å²) in [4.78, 5) is 9.81. The average Bonchev–Trinajstić information content (AvgIpc) is 3.27. The number of fused-ring (bicyclic) bond motifs is 1. The first-order valence-electron chi connectivity index (χ1n) is 8.70. The van der Waals surface area contributed by atoms with Crippen LogP contribution in [0.4, 0.5) is 9.52 Å². The molecular formula is C17H18FN7O2S. The number of ether oxygens (including phenoxy) is 1. The van der Waals surface area contributed by atoms with E-state index in [4.69, 9.17) is 10.3 Å². The minimum absolute atomic E-state index is 0.0283. The molecule has 0 spiro atoms. The molecule has 1 atom stereocenters. The van der Waals surface area contributed by atoms with E-state index in [1.165, 1.54) is 30.6 Å². The fourth-order valence-electron chi connectivity index (χ4n) is 3.44. The number of piperidine rings is 1. The molecule has 0 amide bonds. The highest BCUT2D eigenvalue weighted by molar-refractivity contribution is 7.20. The maximum atomic E-state index is 13.5. The lowest BCUT2D eigenvalue weighted by Gasteiger charge is -2.38. The van der Waals surface area contributed by atoms with E-state index in [9.17, 15) is 9.50 Å². The van der Waals surface area contributed by atoms with E-state index >= 15 is 0 Å². The summed E-state index contributed by atoms with van der Waals surface area (Å²) in [5, 5.41) is 19.6. The molecule has 1 fully saturated rings. The second-order valence-electron chi connectivity index (χ2n) is 6.71. The van der Waals surface area contributed by atoms with Crippen molar-refractivity contribution >= 4 is 21.4 Å². The molecule has 1 aliphatic rings. The monoisotopic (exact) mass is 403 g/mol. The molecule has 146 valence electrons. The summed E-state index contributed by atoms with van der Waals surface area (Å²) >= 11 is 1.40. The quantitative estimate of drug-likeness (QED) is 0.399. The topological polar surface area (TPSA) is 112 Å². The van der Waals surface area contributed by atoms with Gasteiger partial charge >= 0.3 is 0 Å². The summed E-state index contributed by atoms with van der Waals surface area (Å²) in [5.74, 6) is 0.0195. The molecule has 1 aliphatic heterocycles. The van der Waals surface area contributed by atoms with Crippen LogP contribution in [0.15, 0.2) is 29.5 Å². The van der Waals surface area contributed by atoms with E-state index in [2.05, 4.69) is 20.1 Å². The zero-order chi connectivity index (χ0) is 19.7. The summed E-state index contributed by atoms with van der Waals surface area (Å²) in [7, 11) is 1.49. The highest BCUT2D eigenvalue weighted by Gasteiger charge is 2.34. The molecule has 4 rings (SSSR count). The normalized spacial score (nSPS) is 19.6. The average molecular weight is 403 g/mol. The van der Waals surface area contributed by atoms with E-state index < -0.39 is 5.60 Å². The van der Waals surface area contributed by atoms with Crippen LogP contribution in [0.1, 0.15) is 12.8 Å². The second-order valence-corrected chi connectivity index (χ2v) is 7.64. The number of hydrogen-bond acceptors (Lipinski definition) is 7. The number of β-amino-alcohol motifs (C(OH)–C–C–N with tert-alkyl or cyclic N) is 1. The lowest BCUT2D eigenvalue weighted by Crippen LogP contribution is -2.50. The Hall–Kier alpha value is -2.88. The SMILES string of the molecule is COc1cc(F)ccc1-c1cnc2sc(N3CCCC(O)(CN=[N+]=[N-])C3)nn12. The predicted octanol–water partition coefficient (Wildman–Crippen LogP) is 3.25. The van der Waals surface area contributed by atoms with Crippen molar-refractivity contribution in [2.45, 2.75) is 18.4 Å². The maximum Gasteiger partial charge on any atom is 0.214 e. The third kappa shape index (κ3) is 3.35. The Kier molecular flexibility index (Phi) is 4.80. The smallest absolute Gasteiger partial charge is 0.214 e. The van der Waals surface area contributed by atoms with Crippen LogP contribution in [0, 0.1) is 5.82 Å². The molecule has 0 radical (unpaired) electrons. The van der Waals surface area contributed by atoms with Crippen molar-refractivity contribution in [2.24, 2.45) is 5.11 Å². The van der Waals surface area contributed by atoms with E-state index in [0.717, 1.165) is 13.0 Å². The summed E-state index contributed by atoms with van der Waals surface area (Å²) in [5.41, 5.74) is 8.85. The molecule has 9 nitrogen and oxygen atoms in total. The molecule has 0 aliphatic carbocycles. The van der Waals surface area contributed by atoms with Crippen molar-refractivity contribution in [2.75, 3.05) is 31.6 Å². The number of aromatic nitrogens is 3. The number of rotatable bonds is 5. The molecule has 1 unspecified atom stereocenters. The summed E-state index contributed by atoms with van der Waals surface area (Å²) in [6.45, 7) is 1.10. The molecule has 0 saturated carbocycles. The molecule has 2 aromatic heterocycles. The first kappa shape index (κ1) is 18.5. The molecule has 28 heavy (non-hydrogen) atoms. The molecule has 11 heteroatoms. The van der Waals surface area contributed by atoms with Crippen molar-refractivity contribution in [3.05, 3.63) is 40.7 Å². The van der Waals surface area contributed by atoms with Gasteiger partial charge in [0.2, 0.25) is 10.1 Å². The van der Waals surface area contributed by atoms with Crippen LogP contribution in [0.2, 0.25) is 0 Å². The van der Waals surface area contributed by atoms with Crippen molar-refractivity contribution < 1.29 is 14.2 Å². The van der Waals surface area contributed by atoms with Gasteiger partial charge in [0.15, 0.2) is 0 Å². The third-order valence-corrected chi connectivity index (χ3v) is 5.75. The number of methoxy groups -OCH3 is 1. The minimum atomic E-state index is -1.07. The van der Waals surface area contributed by atoms with E-state index in [1.54, 1.807) is 16.8 Å². The Morgan fingerprint density at radius 1 is 1.50 bits per heavy atom. The van der Waals surface area contributed by atoms with Gasteiger partial charge in [0.05, 0.1) is 31.1 Å². The Morgan fingerprint density at radius 2 is 2.36 bits per heavy atom. The predicted molar refractivity (Wildman–Crippen MR) is 103 cm³/mol. The van der Waals surface area contributed by atoms with Gasteiger partial charge in [-0.1, -0.05) is 16.5 Å². The summed E-state index contributed by atoms with van der Waals surface area (Å²) in [6.07, 6.45) is 3.01. The van der Waals surface area contributed by atoms with Gasteiger partial charge in [0.25, 0.3) is 0 Å². The zero-order valence-electron chi connectivity index (χ0n) is 15.1. The van der Waals surface area contributed by atoms with Crippen LogP contribution in [-0.2, 0) is 0 Å². The maximum absolute atomic E-state index is 13.5. The molecule has 0 bridgehead atoms. The van der Waals surface area contributed by atoms with Crippen molar-refractivity contribution in [1.82, 2.24) is 14.6 Å². The number of halogens is 1. The fourth-order valence-corrected chi connectivity index (χ4v) is 4.34. The number of anilines is 1. The standard InChI is InChI=1S/C17H18FN7O2S/c1-27-14-7-11(18)3-4-12(14)13-8-20-15-25(13)22-16(28-15)24-6-2-5-17(26,10-24)9-21-23-19/h3-4,7-8,26H,2,5-6,9-10H2,1H3. The van der Waals surface area contributed by atoms with Gasteiger partial charge in [0, 0.05) is 29.6 Å². The highest BCUT2D eigenvalue weighted by Crippen LogP contribution is 2.35. The second kappa shape index (κ2) is 7.27. The van der Waals surface area contributed by atoms with Crippen LogP contribution in [0.25, 0.3) is 26.7 Å². The molecule has 1 N–H and O–H groups in total. The third-order valence-electron chi connectivity index (χ3n) is 4.77. The van der Waals surface area contributed by atoms with Crippen LogP contribution in [0.3, 0.4) is 0 Å². The number of hydrogen-bond donors (Lipinski definition) is 1. The molecule has 3 heterocycles. The Bertz CT molecular complexity index is 1060. The van der Waals surface area contributed by atoms with Crippen LogP contribution >= 0.6 is 11.3 Å². The van der Waals surface area contributed by atoms with E-state index in [0.29, 0.717) is 40.1 Å². The molecule has 1 aromatic carbocycles. The summed E-state index contributed by atoms with van der Waals surface area (Å²) < 4.78 is 20.5. The number of aliphatic hydroxyl groups is 1. The van der Waals surface area contributed by atoms with Gasteiger partial charge in [-0.15, -0.1) is 5.10 Å². The Labute approximate surface area is 163 Å². The Morgan fingerprint density at radius 3 is 3.14 bits per heavy atom. The molecular weight excluding hydrogens is 385 g/mol. The fraction of sp³-hybridized carbons (Fsp3) is 0.412. The largest absolute Gasteiger partial charge is 0.496 e. The van der Waals surface area contributed by atoms with Gasteiger partial charge in [-0.25, -0.2) is 13.9 Å². The Balaban J connectivity index is 1.68. The van der Waals surface area contributed by atoms with Crippen molar-refractivity contribution in [3.63, 3.8) is 0 Å². The van der Waals surface area contributed by atoms with Crippen LogP contribution in [0.5, 0.6) is 5.75 Å². The van der Waals surface area contributed by atoms with Gasteiger partial charge in [-0.2, -0.15) is 0 Å². The molecule has 3 aromatic rings. The number of azide groups is 1. The van der Waals surface area contributed by atoms with Gasteiger partial charge < -0.3 is 14.7 Å². The lowest BCUT2D eigenvalue weighted by atomic mass is 9.93. The van der Waals surface area contributed by atoms with Crippen LogP contribution in [-0.4, -0.2) is 52.0 Å². The summed E-state index contributed by atoms with van der Waals surface area (Å²) in [6, 6.07) is 4.32. The minimum Gasteiger partial charge on any atom is -0.496 e. The number of benzene rings is 1. The van der Waals surface area contributed by atoms with Crippen molar-refractivity contribution in [1.29, 1.82) is 0 Å². The first-order chi connectivity index (χ1) is 13.5. The molecule has 1 saturated heterocycles. The van der Waals surface area contributed by atoms with E-state index in [1.807, 2.05) is 4.90 Å². The van der Waals surface area contributed by atoms with Gasteiger partial charge in [-0.05, 0) is 30.5 Å². The van der Waals surface area contributed by atoms with Gasteiger partial charge in [0.1, 0.15) is 11.6 Å². The zero-order valence-corrected chi connectivity index (χ0v) is 15.9. The van der Waals surface area contributed by atoms with Crippen LogP contribution < -0.4 is 9.64 Å². The highest BCUT2D eigenvalue weighted by atomic mass is 32.1. The first-order valence-corrected chi connectivity index (χ1v) is 9.51. The van der Waals surface area contributed by atoms with E-state index in [-0.39, 0.29) is 12.4 Å².